The predicted molar refractivity (Wildman–Crippen MR) is 74.3 cm³/mol. The zero-order valence-corrected chi connectivity index (χ0v) is 10.8. The summed E-state index contributed by atoms with van der Waals surface area (Å²) in [5.41, 5.74) is 3.30. The number of hydrogen-bond acceptors (Lipinski definition) is 5. The minimum Gasteiger partial charge on any atom is -0.496 e. The summed E-state index contributed by atoms with van der Waals surface area (Å²) in [6.45, 7) is 0. The van der Waals surface area contributed by atoms with Gasteiger partial charge in [-0.15, -0.1) is 11.6 Å². The van der Waals surface area contributed by atoms with Gasteiger partial charge in [-0.1, -0.05) is 12.1 Å². The molecule has 0 fully saturated rings. The van der Waals surface area contributed by atoms with Crippen molar-refractivity contribution in [3.63, 3.8) is 0 Å². The molecule has 0 spiro atoms. The Morgan fingerprint density at radius 1 is 1.47 bits per heavy atom. The number of hydrazone groups is 1. The molecular formula is C12H11ClN4O2. The minimum absolute atomic E-state index is 0.288. The predicted octanol–water partition coefficient (Wildman–Crippen LogP) is 1.19. The van der Waals surface area contributed by atoms with Gasteiger partial charge in [-0.3, -0.25) is 4.79 Å². The summed E-state index contributed by atoms with van der Waals surface area (Å²) >= 11 is 5.84. The average molecular weight is 279 g/mol. The maximum Gasteiger partial charge on any atom is 0.264 e. The van der Waals surface area contributed by atoms with E-state index in [0.717, 1.165) is 5.56 Å². The summed E-state index contributed by atoms with van der Waals surface area (Å²) in [7, 11) is 1.57. The summed E-state index contributed by atoms with van der Waals surface area (Å²) in [4.78, 5) is 11.2. The van der Waals surface area contributed by atoms with E-state index in [9.17, 15) is 4.79 Å². The Hall–Kier alpha value is -2.21. The molecule has 1 N–H and O–H groups in total. The number of nitrogens with one attached hydrogen (secondary N) is 1. The molecule has 6 nitrogen and oxygen atoms in total. The van der Waals surface area contributed by atoms with Crippen LogP contribution in [-0.4, -0.2) is 36.5 Å². The number of carbonyl (C=O) groups is 1. The quantitative estimate of drug-likeness (QED) is 0.512. The normalized spacial score (nSPS) is 20.8. The van der Waals surface area contributed by atoms with Crippen LogP contribution in [0, 0.1) is 0 Å². The number of para-hydroxylation sites is 1. The molecule has 1 amide bonds. The molecule has 1 heterocycles. The Labute approximate surface area is 114 Å². The molecule has 1 aliphatic heterocycles. The van der Waals surface area contributed by atoms with Crippen molar-refractivity contribution in [3.05, 3.63) is 29.8 Å². The molecule has 0 saturated heterocycles. The summed E-state index contributed by atoms with van der Waals surface area (Å²) in [6.07, 6.45) is 2.88. The zero-order valence-electron chi connectivity index (χ0n) is 10.1. The first-order valence-corrected chi connectivity index (χ1v) is 5.87. The highest BCUT2D eigenvalue weighted by atomic mass is 35.5. The van der Waals surface area contributed by atoms with Crippen LogP contribution in [0.2, 0.25) is 0 Å². The number of carbonyl (C=O) groups excluding carboxylic acids is 1. The lowest BCUT2D eigenvalue weighted by Gasteiger charge is -2.10. The zero-order chi connectivity index (χ0) is 13.7. The molecule has 1 aromatic rings. The van der Waals surface area contributed by atoms with Crippen LogP contribution in [0.4, 0.5) is 0 Å². The first-order valence-electron chi connectivity index (χ1n) is 5.43. The second-order valence-corrected chi connectivity index (χ2v) is 4.04. The van der Waals surface area contributed by atoms with Gasteiger partial charge in [0, 0.05) is 5.56 Å². The van der Waals surface area contributed by atoms with Crippen molar-refractivity contribution in [2.45, 2.75) is 5.38 Å². The van der Waals surface area contributed by atoms with E-state index >= 15 is 0 Å². The largest absolute Gasteiger partial charge is 0.496 e. The third-order valence-electron chi connectivity index (χ3n) is 2.37. The van der Waals surface area contributed by atoms with Crippen molar-refractivity contribution < 1.29 is 9.53 Å². The lowest BCUT2D eigenvalue weighted by molar-refractivity contribution is -0.119. The van der Waals surface area contributed by atoms with Gasteiger partial charge in [0.05, 0.1) is 19.5 Å². The number of alkyl halides is 1. The van der Waals surface area contributed by atoms with Crippen molar-refractivity contribution in [2.75, 3.05) is 7.11 Å². The van der Waals surface area contributed by atoms with Crippen LogP contribution in [0.15, 0.2) is 39.6 Å². The molecule has 19 heavy (non-hydrogen) atoms. The number of nitrogens with zero attached hydrogens (tertiary/aromatic N) is 3. The van der Waals surface area contributed by atoms with Crippen molar-refractivity contribution >= 4 is 35.6 Å². The molecule has 0 radical (unpaired) electrons. The molecular weight excluding hydrogens is 268 g/mol. The number of rotatable bonds is 3. The van der Waals surface area contributed by atoms with E-state index in [4.69, 9.17) is 16.3 Å². The molecule has 98 valence electrons. The van der Waals surface area contributed by atoms with Gasteiger partial charge in [0.25, 0.3) is 5.91 Å². The molecule has 0 bridgehead atoms. The van der Waals surface area contributed by atoms with Gasteiger partial charge in [0.1, 0.15) is 11.5 Å². The molecule has 1 unspecified atom stereocenters. The molecule has 0 aliphatic carbocycles. The fourth-order valence-electron chi connectivity index (χ4n) is 1.43. The van der Waals surface area contributed by atoms with Gasteiger partial charge in [0.15, 0.2) is 5.38 Å². The number of benzene rings is 1. The topological polar surface area (TPSA) is 75.4 Å². The van der Waals surface area contributed by atoms with Crippen LogP contribution in [-0.2, 0) is 4.79 Å². The van der Waals surface area contributed by atoms with E-state index in [2.05, 4.69) is 20.7 Å². The highest BCUT2D eigenvalue weighted by Crippen LogP contribution is 2.14. The molecule has 0 saturated carbocycles. The monoisotopic (exact) mass is 278 g/mol. The first kappa shape index (κ1) is 13.2. The van der Waals surface area contributed by atoms with Crippen molar-refractivity contribution in [3.8, 4) is 5.75 Å². The van der Waals surface area contributed by atoms with Gasteiger partial charge in [-0.05, 0) is 12.1 Å². The summed E-state index contributed by atoms with van der Waals surface area (Å²) in [5, 5.41) is 10.5. The van der Waals surface area contributed by atoms with Crippen LogP contribution < -0.4 is 10.2 Å². The number of hydrogen-bond donors (Lipinski definition) is 1. The SMILES string of the molecule is COc1ccccc1/C=N\N=C1\C=NNC(=O)C1Cl. The van der Waals surface area contributed by atoms with Crippen LogP contribution in [0.5, 0.6) is 5.75 Å². The molecule has 1 aliphatic rings. The van der Waals surface area contributed by atoms with E-state index < -0.39 is 11.3 Å². The van der Waals surface area contributed by atoms with Gasteiger partial charge in [-0.2, -0.15) is 15.3 Å². The Bertz CT molecular complexity index is 569. The minimum atomic E-state index is -0.882. The van der Waals surface area contributed by atoms with Crippen LogP contribution in [0.25, 0.3) is 0 Å². The average Bonchev–Trinajstić information content (AvgIpc) is 2.44. The van der Waals surface area contributed by atoms with E-state index in [1.54, 1.807) is 7.11 Å². The Morgan fingerprint density at radius 2 is 2.26 bits per heavy atom. The smallest absolute Gasteiger partial charge is 0.264 e. The van der Waals surface area contributed by atoms with Gasteiger partial charge in [0.2, 0.25) is 0 Å². The first-order chi connectivity index (χ1) is 9.22. The van der Waals surface area contributed by atoms with Crippen LogP contribution in [0.3, 0.4) is 0 Å². The summed E-state index contributed by atoms with van der Waals surface area (Å²) in [5.74, 6) is 0.263. The third-order valence-corrected chi connectivity index (χ3v) is 2.79. The lowest BCUT2D eigenvalue weighted by Crippen LogP contribution is -2.38. The summed E-state index contributed by atoms with van der Waals surface area (Å²) < 4.78 is 5.17. The Balaban J connectivity index is 2.17. The van der Waals surface area contributed by atoms with Gasteiger partial charge in [-0.25, -0.2) is 5.43 Å². The van der Waals surface area contributed by atoms with E-state index in [1.165, 1.54) is 12.4 Å². The number of halogens is 1. The maximum atomic E-state index is 11.2. The molecule has 1 aromatic carbocycles. The van der Waals surface area contributed by atoms with Gasteiger partial charge < -0.3 is 4.74 Å². The number of ether oxygens (including phenoxy) is 1. The van der Waals surface area contributed by atoms with E-state index in [-0.39, 0.29) is 5.71 Å². The Morgan fingerprint density at radius 3 is 3.05 bits per heavy atom. The standard InChI is InChI=1S/C12H11ClN4O2/c1-19-10-5-3-2-4-8(10)6-14-16-9-7-15-17-12(18)11(9)13/h2-7,11H,1H3,(H,17,18)/b14-6-,16-9-. The maximum absolute atomic E-state index is 11.2. The van der Waals surface area contributed by atoms with Gasteiger partial charge >= 0.3 is 0 Å². The van der Waals surface area contributed by atoms with E-state index in [1.807, 2.05) is 24.3 Å². The fraction of sp³-hybridized carbons (Fsp3) is 0.167. The lowest BCUT2D eigenvalue weighted by atomic mass is 10.2. The Kier molecular flexibility index (Phi) is 4.25. The summed E-state index contributed by atoms with van der Waals surface area (Å²) in [6, 6.07) is 7.36. The second-order valence-electron chi connectivity index (χ2n) is 3.61. The number of amides is 1. The highest BCUT2D eigenvalue weighted by molar-refractivity contribution is 6.54. The van der Waals surface area contributed by atoms with E-state index in [0.29, 0.717) is 5.75 Å². The van der Waals surface area contributed by atoms with Crippen LogP contribution in [0.1, 0.15) is 5.56 Å². The molecule has 0 aromatic heterocycles. The molecule has 7 heteroatoms. The fourth-order valence-corrected chi connectivity index (χ4v) is 1.57. The molecule has 1 atom stereocenters. The highest BCUT2D eigenvalue weighted by Gasteiger charge is 2.23. The van der Waals surface area contributed by atoms with Crippen molar-refractivity contribution in [2.24, 2.45) is 15.3 Å². The second kappa shape index (κ2) is 6.10. The molecule has 2 rings (SSSR count). The third kappa shape index (κ3) is 3.17. The van der Waals surface area contributed by atoms with Crippen LogP contribution >= 0.6 is 11.6 Å². The number of methoxy groups -OCH3 is 1. The van der Waals surface area contributed by atoms with Crippen molar-refractivity contribution in [1.82, 2.24) is 5.43 Å². The van der Waals surface area contributed by atoms with Crippen molar-refractivity contribution in [1.29, 1.82) is 0 Å².